The van der Waals surface area contributed by atoms with Crippen LogP contribution in [0, 0.1) is 0 Å². The number of methoxy groups -OCH3 is 1. The number of benzene rings is 1. The fourth-order valence-corrected chi connectivity index (χ4v) is 1.91. The van der Waals surface area contributed by atoms with Crippen molar-refractivity contribution in [1.82, 2.24) is 10.6 Å². The number of rotatable bonds is 9. The average molecular weight is 292 g/mol. The van der Waals surface area contributed by atoms with Crippen molar-refractivity contribution in [3.8, 4) is 5.75 Å². The monoisotopic (exact) mass is 292 g/mol. The zero-order chi connectivity index (χ0) is 15.1. The quantitative estimate of drug-likeness (QED) is 0.677. The number of nitrogens with one attached hydrogen (secondary N) is 2. The van der Waals surface area contributed by atoms with Gasteiger partial charge < -0.3 is 20.1 Å². The van der Waals surface area contributed by atoms with Crippen LogP contribution in [0.15, 0.2) is 24.3 Å². The molecule has 21 heavy (non-hydrogen) atoms. The second kappa shape index (κ2) is 8.00. The van der Waals surface area contributed by atoms with E-state index in [0.29, 0.717) is 24.9 Å². The highest BCUT2D eigenvalue weighted by Crippen LogP contribution is 2.20. The Morgan fingerprint density at radius 3 is 2.67 bits per heavy atom. The van der Waals surface area contributed by atoms with E-state index in [4.69, 9.17) is 9.47 Å². The van der Waals surface area contributed by atoms with Crippen molar-refractivity contribution < 1.29 is 14.3 Å². The highest BCUT2D eigenvalue weighted by atomic mass is 16.5. The van der Waals surface area contributed by atoms with Crippen molar-refractivity contribution in [2.24, 2.45) is 0 Å². The summed E-state index contributed by atoms with van der Waals surface area (Å²) >= 11 is 0. The molecule has 1 unspecified atom stereocenters. The minimum absolute atomic E-state index is 0.133. The number of carbonyl (C=O) groups excluding carboxylic acids is 1. The molecule has 1 saturated carbocycles. The molecule has 5 nitrogen and oxygen atoms in total. The highest BCUT2D eigenvalue weighted by molar-refractivity contribution is 5.80. The fraction of sp³-hybridized carbons (Fsp3) is 0.562. The molecule has 0 aromatic heterocycles. The summed E-state index contributed by atoms with van der Waals surface area (Å²) in [5.74, 6) is 0.575. The Hall–Kier alpha value is -1.59. The van der Waals surface area contributed by atoms with Crippen LogP contribution in [-0.2, 0) is 16.1 Å². The van der Waals surface area contributed by atoms with Gasteiger partial charge in [0, 0.05) is 26.2 Å². The zero-order valence-electron chi connectivity index (χ0n) is 12.7. The van der Waals surface area contributed by atoms with E-state index in [1.165, 1.54) is 18.4 Å². The molecule has 0 heterocycles. The lowest BCUT2D eigenvalue weighted by Gasteiger charge is -2.15. The third kappa shape index (κ3) is 5.73. The molecule has 0 spiro atoms. The Morgan fingerprint density at radius 1 is 1.33 bits per heavy atom. The van der Waals surface area contributed by atoms with Gasteiger partial charge in [0.1, 0.15) is 5.75 Å². The summed E-state index contributed by atoms with van der Waals surface area (Å²) in [6.07, 6.45) is 2.06. The lowest BCUT2D eigenvalue weighted by Crippen LogP contribution is -2.37. The second-order valence-corrected chi connectivity index (χ2v) is 5.34. The summed E-state index contributed by atoms with van der Waals surface area (Å²) < 4.78 is 10.5. The van der Waals surface area contributed by atoms with Gasteiger partial charge in [0.15, 0.2) is 6.10 Å². The van der Waals surface area contributed by atoms with Crippen molar-refractivity contribution >= 4 is 5.91 Å². The van der Waals surface area contributed by atoms with Crippen molar-refractivity contribution in [3.63, 3.8) is 0 Å². The van der Waals surface area contributed by atoms with E-state index in [1.807, 2.05) is 24.3 Å². The summed E-state index contributed by atoms with van der Waals surface area (Å²) in [7, 11) is 1.60. The van der Waals surface area contributed by atoms with Crippen molar-refractivity contribution in [2.45, 2.75) is 38.5 Å². The van der Waals surface area contributed by atoms with Crippen molar-refractivity contribution in [3.05, 3.63) is 29.8 Å². The molecular weight excluding hydrogens is 268 g/mol. The third-order valence-electron chi connectivity index (χ3n) is 3.38. The molecule has 5 heteroatoms. The molecule has 2 rings (SSSR count). The van der Waals surface area contributed by atoms with E-state index in [9.17, 15) is 4.79 Å². The lowest BCUT2D eigenvalue weighted by molar-refractivity contribution is -0.127. The predicted octanol–water partition coefficient (Wildman–Crippen LogP) is 1.47. The van der Waals surface area contributed by atoms with Gasteiger partial charge in [-0.3, -0.25) is 4.79 Å². The number of hydrogen-bond acceptors (Lipinski definition) is 4. The Morgan fingerprint density at radius 2 is 2.05 bits per heavy atom. The maximum absolute atomic E-state index is 11.8. The van der Waals surface area contributed by atoms with Gasteiger partial charge in [0.05, 0.1) is 6.61 Å². The summed E-state index contributed by atoms with van der Waals surface area (Å²) in [4.78, 5) is 11.8. The van der Waals surface area contributed by atoms with E-state index in [2.05, 4.69) is 10.6 Å². The first kappa shape index (κ1) is 15.8. The predicted molar refractivity (Wildman–Crippen MR) is 81.3 cm³/mol. The first-order valence-corrected chi connectivity index (χ1v) is 7.44. The first-order chi connectivity index (χ1) is 10.2. The molecule has 1 amide bonds. The topological polar surface area (TPSA) is 59.6 Å². The Kier molecular flexibility index (Phi) is 6.02. The van der Waals surface area contributed by atoms with Gasteiger partial charge in [-0.1, -0.05) is 12.1 Å². The minimum Gasteiger partial charge on any atom is -0.481 e. The molecule has 1 aliphatic rings. The van der Waals surface area contributed by atoms with Gasteiger partial charge in [-0.25, -0.2) is 0 Å². The zero-order valence-corrected chi connectivity index (χ0v) is 12.7. The molecule has 0 aliphatic heterocycles. The van der Waals surface area contributed by atoms with Gasteiger partial charge in [-0.05, 0) is 37.5 Å². The van der Waals surface area contributed by atoms with Gasteiger partial charge in [-0.2, -0.15) is 0 Å². The molecular formula is C16H24N2O3. The summed E-state index contributed by atoms with van der Waals surface area (Å²) in [5, 5.41) is 6.22. The van der Waals surface area contributed by atoms with Gasteiger partial charge in [0.2, 0.25) is 0 Å². The molecule has 2 N–H and O–H groups in total. The Labute approximate surface area is 126 Å². The van der Waals surface area contributed by atoms with Crippen LogP contribution in [0.4, 0.5) is 0 Å². The normalized spacial score (nSPS) is 15.5. The Balaban J connectivity index is 1.74. The van der Waals surface area contributed by atoms with Crippen molar-refractivity contribution in [2.75, 3.05) is 20.3 Å². The maximum atomic E-state index is 11.8. The molecule has 0 radical (unpaired) electrons. The van der Waals surface area contributed by atoms with Crippen LogP contribution in [0.5, 0.6) is 5.75 Å². The van der Waals surface area contributed by atoms with E-state index >= 15 is 0 Å². The molecule has 1 fully saturated rings. The lowest BCUT2D eigenvalue weighted by atomic mass is 10.2. The van der Waals surface area contributed by atoms with E-state index in [-0.39, 0.29) is 5.91 Å². The average Bonchev–Trinajstić information content (AvgIpc) is 3.31. The second-order valence-electron chi connectivity index (χ2n) is 5.34. The van der Waals surface area contributed by atoms with Gasteiger partial charge in [-0.15, -0.1) is 0 Å². The summed E-state index contributed by atoms with van der Waals surface area (Å²) in [5.41, 5.74) is 1.23. The van der Waals surface area contributed by atoms with Crippen molar-refractivity contribution in [1.29, 1.82) is 0 Å². The smallest absolute Gasteiger partial charge is 0.260 e. The molecule has 1 aromatic carbocycles. The molecule has 0 bridgehead atoms. The van der Waals surface area contributed by atoms with Crippen LogP contribution < -0.4 is 15.4 Å². The number of carbonyl (C=O) groups is 1. The number of amides is 1. The van der Waals surface area contributed by atoms with E-state index in [0.717, 1.165) is 6.54 Å². The molecule has 1 aromatic rings. The van der Waals surface area contributed by atoms with Gasteiger partial charge in [0.25, 0.3) is 5.91 Å². The third-order valence-corrected chi connectivity index (χ3v) is 3.38. The van der Waals surface area contributed by atoms with E-state index in [1.54, 1.807) is 14.0 Å². The SMILES string of the molecule is COCCNC(=O)C(C)Oc1ccc(CNC2CC2)cc1. The minimum atomic E-state index is -0.516. The number of ether oxygens (including phenoxy) is 2. The summed E-state index contributed by atoms with van der Waals surface area (Å²) in [6.45, 7) is 3.62. The number of hydrogen-bond donors (Lipinski definition) is 2. The fourth-order valence-electron chi connectivity index (χ4n) is 1.91. The van der Waals surface area contributed by atoms with Gasteiger partial charge >= 0.3 is 0 Å². The molecule has 116 valence electrons. The Bertz CT molecular complexity index is 443. The molecule has 1 atom stereocenters. The van der Waals surface area contributed by atoms with E-state index < -0.39 is 6.10 Å². The highest BCUT2D eigenvalue weighted by Gasteiger charge is 2.19. The standard InChI is InChI=1S/C16H24N2O3/c1-12(16(19)17-9-10-20-2)21-15-7-3-13(4-8-15)11-18-14-5-6-14/h3-4,7-8,12,14,18H,5-6,9-11H2,1-2H3,(H,17,19). The van der Waals surface area contributed by atoms with Crippen LogP contribution in [-0.4, -0.2) is 38.3 Å². The molecule has 0 saturated heterocycles. The molecule has 1 aliphatic carbocycles. The maximum Gasteiger partial charge on any atom is 0.260 e. The van der Waals surface area contributed by atoms with Crippen LogP contribution in [0.3, 0.4) is 0 Å². The largest absolute Gasteiger partial charge is 0.481 e. The summed E-state index contributed by atoms with van der Waals surface area (Å²) in [6, 6.07) is 8.57. The van der Waals surface area contributed by atoms with Crippen LogP contribution in [0.2, 0.25) is 0 Å². The first-order valence-electron chi connectivity index (χ1n) is 7.44. The van der Waals surface area contributed by atoms with Crippen LogP contribution in [0.25, 0.3) is 0 Å². The van der Waals surface area contributed by atoms with Crippen LogP contribution in [0.1, 0.15) is 25.3 Å². The van der Waals surface area contributed by atoms with Crippen LogP contribution >= 0.6 is 0 Å².